The summed E-state index contributed by atoms with van der Waals surface area (Å²) in [6.07, 6.45) is 2.14. The number of nitrogens with zero attached hydrogens (tertiary/aromatic N) is 1. The summed E-state index contributed by atoms with van der Waals surface area (Å²) < 4.78 is 0. The summed E-state index contributed by atoms with van der Waals surface area (Å²) in [5.74, 6) is -0.299. The second-order valence-electron chi connectivity index (χ2n) is 5.64. The van der Waals surface area contributed by atoms with Crippen molar-refractivity contribution in [3.8, 4) is 0 Å². The fraction of sp³-hybridized carbons (Fsp3) is 0.222. The quantitative estimate of drug-likeness (QED) is 0.878. The van der Waals surface area contributed by atoms with Crippen molar-refractivity contribution in [2.45, 2.75) is 19.9 Å². The summed E-state index contributed by atoms with van der Waals surface area (Å²) in [4.78, 5) is 25.2. The number of nitrogens with one attached hydrogen (secondary N) is 2. The molecule has 0 aliphatic carbocycles. The molecule has 0 atom stereocenters. The van der Waals surface area contributed by atoms with E-state index in [0.717, 1.165) is 16.1 Å². The summed E-state index contributed by atoms with van der Waals surface area (Å²) >= 11 is 1.59. The molecule has 0 bridgehead atoms. The molecule has 0 radical (unpaired) electrons. The van der Waals surface area contributed by atoms with E-state index in [4.69, 9.17) is 0 Å². The van der Waals surface area contributed by atoms with Gasteiger partial charge in [0.15, 0.2) is 0 Å². The predicted octanol–water partition coefficient (Wildman–Crippen LogP) is 2.45. The van der Waals surface area contributed by atoms with Crippen LogP contribution in [0, 0.1) is 6.92 Å². The highest BCUT2D eigenvalue weighted by Crippen LogP contribution is 2.17. The summed E-state index contributed by atoms with van der Waals surface area (Å²) in [7, 11) is 0. The van der Waals surface area contributed by atoms with Crippen LogP contribution in [0.2, 0.25) is 0 Å². The van der Waals surface area contributed by atoms with Gasteiger partial charge in [0, 0.05) is 11.3 Å². The molecule has 0 saturated carbocycles. The molecule has 0 saturated heterocycles. The maximum Gasteiger partial charge on any atom is 0.245 e. The van der Waals surface area contributed by atoms with Crippen molar-refractivity contribution in [3.05, 3.63) is 63.9 Å². The van der Waals surface area contributed by atoms with Crippen LogP contribution in [0.5, 0.6) is 0 Å². The van der Waals surface area contributed by atoms with Gasteiger partial charge in [-0.2, -0.15) is 0 Å². The minimum Gasteiger partial charge on any atom is -0.350 e. The molecule has 124 valence electrons. The fourth-order valence-corrected chi connectivity index (χ4v) is 3.04. The second-order valence-corrected chi connectivity index (χ2v) is 6.67. The second kappa shape index (κ2) is 7.31. The molecule has 1 aliphatic heterocycles. The maximum absolute atomic E-state index is 12.1. The van der Waals surface area contributed by atoms with Crippen molar-refractivity contribution in [3.63, 3.8) is 0 Å². The first kappa shape index (κ1) is 16.3. The monoisotopic (exact) mass is 341 g/mol. The van der Waals surface area contributed by atoms with E-state index in [0.29, 0.717) is 6.54 Å². The molecule has 2 amide bonds. The molecule has 1 aliphatic rings. The highest BCUT2D eigenvalue weighted by atomic mass is 32.1. The number of amides is 2. The third kappa shape index (κ3) is 4.02. The van der Waals surface area contributed by atoms with Crippen LogP contribution in [0.15, 0.2) is 47.9 Å². The topological polar surface area (TPSA) is 61.4 Å². The summed E-state index contributed by atoms with van der Waals surface area (Å²) in [5.41, 5.74) is 6.07. The molecule has 2 N–H and O–H groups in total. The molecule has 2 aromatic rings. The zero-order chi connectivity index (χ0) is 16.9. The Labute approximate surface area is 145 Å². The van der Waals surface area contributed by atoms with Crippen LogP contribution in [-0.4, -0.2) is 23.4 Å². The Morgan fingerprint density at radius 1 is 1.29 bits per heavy atom. The maximum atomic E-state index is 12.1. The number of rotatable bonds is 5. The first-order valence-corrected chi connectivity index (χ1v) is 8.63. The van der Waals surface area contributed by atoms with Crippen LogP contribution < -0.4 is 10.7 Å². The van der Waals surface area contributed by atoms with Crippen LogP contribution in [0.25, 0.3) is 5.70 Å². The summed E-state index contributed by atoms with van der Waals surface area (Å²) in [6.45, 7) is 2.51. The van der Waals surface area contributed by atoms with Crippen LogP contribution in [-0.2, 0) is 16.1 Å². The number of hydrazine groups is 1. The van der Waals surface area contributed by atoms with Crippen molar-refractivity contribution in [1.29, 1.82) is 0 Å². The number of carbonyl (C=O) groups excluding carboxylic acids is 2. The summed E-state index contributed by atoms with van der Waals surface area (Å²) in [5, 5.41) is 6.18. The molecule has 1 aromatic carbocycles. The van der Waals surface area contributed by atoms with Gasteiger partial charge in [-0.3, -0.25) is 15.0 Å². The average Bonchev–Trinajstić information content (AvgIpc) is 3.09. The van der Waals surface area contributed by atoms with Gasteiger partial charge in [-0.15, -0.1) is 11.3 Å². The number of aryl methyl sites for hydroxylation is 1. The van der Waals surface area contributed by atoms with E-state index < -0.39 is 0 Å². The standard InChI is InChI=1S/C18H19N3O2S/c1-13-4-6-14(7-5-13)16-8-9-18(23)21(20-16)12-17(22)19-11-15-3-2-10-24-15/h2-8,10,20H,9,11-12H2,1H3,(H,19,22). The number of benzene rings is 1. The van der Waals surface area contributed by atoms with E-state index >= 15 is 0 Å². The number of thiophene rings is 1. The Hall–Kier alpha value is -2.60. The van der Waals surface area contributed by atoms with Gasteiger partial charge in [0.25, 0.3) is 0 Å². The van der Waals surface area contributed by atoms with Crippen molar-refractivity contribution < 1.29 is 9.59 Å². The van der Waals surface area contributed by atoms with Gasteiger partial charge < -0.3 is 5.32 Å². The van der Waals surface area contributed by atoms with E-state index in [1.54, 1.807) is 11.3 Å². The lowest BCUT2D eigenvalue weighted by molar-refractivity contribution is -0.137. The zero-order valence-electron chi connectivity index (χ0n) is 13.4. The lowest BCUT2D eigenvalue weighted by atomic mass is 10.1. The van der Waals surface area contributed by atoms with E-state index in [1.807, 2.05) is 54.8 Å². The normalized spacial score (nSPS) is 14.1. The Morgan fingerprint density at radius 3 is 2.79 bits per heavy atom. The largest absolute Gasteiger partial charge is 0.350 e. The number of hydrogen-bond acceptors (Lipinski definition) is 4. The summed E-state index contributed by atoms with van der Waals surface area (Å²) in [6, 6.07) is 11.9. The van der Waals surface area contributed by atoms with Gasteiger partial charge in [0.1, 0.15) is 6.54 Å². The molecule has 5 nitrogen and oxygen atoms in total. The first-order chi connectivity index (χ1) is 11.6. The van der Waals surface area contributed by atoms with Crippen molar-refractivity contribution in [2.24, 2.45) is 0 Å². The van der Waals surface area contributed by atoms with Crippen LogP contribution >= 0.6 is 11.3 Å². The van der Waals surface area contributed by atoms with E-state index in [2.05, 4.69) is 10.7 Å². The van der Waals surface area contributed by atoms with Gasteiger partial charge in [0.05, 0.1) is 12.2 Å². The van der Waals surface area contributed by atoms with Crippen LogP contribution in [0.3, 0.4) is 0 Å². The van der Waals surface area contributed by atoms with Crippen molar-refractivity contribution >= 4 is 28.8 Å². The van der Waals surface area contributed by atoms with Crippen LogP contribution in [0.1, 0.15) is 22.4 Å². The molecule has 3 rings (SSSR count). The molecule has 0 spiro atoms. The van der Waals surface area contributed by atoms with Gasteiger partial charge in [-0.05, 0) is 30.0 Å². The molecule has 24 heavy (non-hydrogen) atoms. The third-order valence-corrected chi connectivity index (χ3v) is 4.62. The molecule has 2 heterocycles. The molecule has 6 heteroatoms. The zero-order valence-corrected chi connectivity index (χ0v) is 14.2. The molecular formula is C18H19N3O2S. The van der Waals surface area contributed by atoms with E-state index in [-0.39, 0.29) is 24.8 Å². The van der Waals surface area contributed by atoms with Crippen LogP contribution in [0.4, 0.5) is 0 Å². The lowest BCUT2D eigenvalue weighted by Crippen LogP contribution is -2.49. The number of carbonyl (C=O) groups is 2. The Morgan fingerprint density at radius 2 is 2.08 bits per heavy atom. The van der Waals surface area contributed by atoms with Gasteiger partial charge in [-0.25, -0.2) is 5.01 Å². The highest BCUT2D eigenvalue weighted by molar-refractivity contribution is 7.09. The Bertz CT molecular complexity index is 751. The SMILES string of the molecule is Cc1ccc(C2=CCC(=O)N(CC(=O)NCc3cccs3)N2)cc1. The molecule has 1 aromatic heterocycles. The molecule has 0 fully saturated rings. The van der Waals surface area contributed by atoms with Crippen molar-refractivity contribution in [2.75, 3.05) is 6.54 Å². The average molecular weight is 341 g/mol. The highest BCUT2D eigenvalue weighted by Gasteiger charge is 2.22. The fourth-order valence-electron chi connectivity index (χ4n) is 2.39. The smallest absolute Gasteiger partial charge is 0.245 e. The van der Waals surface area contributed by atoms with Crippen molar-refractivity contribution in [1.82, 2.24) is 15.8 Å². The van der Waals surface area contributed by atoms with Gasteiger partial charge in [-0.1, -0.05) is 35.9 Å². The van der Waals surface area contributed by atoms with E-state index in [9.17, 15) is 9.59 Å². The minimum absolute atomic E-state index is 0.00654. The Kier molecular flexibility index (Phi) is 4.96. The molecule has 0 unspecified atom stereocenters. The van der Waals surface area contributed by atoms with Gasteiger partial charge >= 0.3 is 0 Å². The molecular weight excluding hydrogens is 322 g/mol. The third-order valence-electron chi connectivity index (χ3n) is 3.74. The van der Waals surface area contributed by atoms with E-state index in [1.165, 1.54) is 10.6 Å². The predicted molar refractivity (Wildman–Crippen MR) is 94.8 cm³/mol. The first-order valence-electron chi connectivity index (χ1n) is 7.75. The lowest BCUT2D eigenvalue weighted by Gasteiger charge is -2.28. The Balaban J connectivity index is 1.59. The van der Waals surface area contributed by atoms with Gasteiger partial charge in [0.2, 0.25) is 11.8 Å². The minimum atomic E-state index is -0.186. The number of hydrogen-bond donors (Lipinski definition) is 2.